The van der Waals surface area contributed by atoms with E-state index in [0.717, 1.165) is 28.3 Å². The molecule has 0 radical (unpaired) electrons. The molecule has 0 N–H and O–H groups in total. The van der Waals surface area contributed by atoms with Crippen molar-refractivity contribution in [3.63, 3.8) is 0 Å². The van der Waals surface area contributed by atoms with Gasteiger partial charge in [-0.1, -0.05) is 11.8 Å². The molecule has 154 valence electrons. The molecular formula is C21H27N5O2S. The number of carbonyl (C=O) groups is 1. The van der Waals surface area contributed by atoms with Gasteiger partial charge in [0.2, 0.25) is 0 Å². The minimum absolute atomic E-state index is 0.0988. The van der Waals surface area contributed by atoms with Gasteiger partial charge in [0, 0.05) is 48.1 Å². The van der Waals surface area contributed by atoms with Crippen LogP contribution in [0.1, 0.15) is 41.6 Å². The number of aromatic nitrogens is 5. The lowest BCUT2D eigenvalue weighted by molar-refractivity contribution is 0.102. The SMILES string of the molecule is COCCn1c(SCC(=O)c2cc(C)n(C(C)C)c2C)nnc1-c1ccncc1. The highest BCUT2D eigenvalue weighted by Gasteiger charge is 2.20. The van der Waals surface area contributed by atoms with E-state index >= 15 is 0 Å². The monoisotopic (exact) mass is 413 g/mol. The van der Waals surface area contributed by atoms with Gasteiger partial charge >= 0.3 is 0 Å². The largest absolute Gasteiger partial charge is 0.383 e. The smallest absolute Gasteiger partial charge is 0.192 e. The van der Waals surface area contributed by atoms with Gasteiger partial charge in [-0.25, -0.2) is 0 Å². The van der Waals surface area contributed by atoms with Gasteiger partial charge < -0.3 is 9.30 Å². The van der Waals surface area contributed by atoms with Crippen molar-refractivity contribution >= 4 is 17.5 Å². The van der Waals surface area contributed by atoms with Crippen LogP contribution in [0.5, 0.6) is 0 Å². The van der Waals surface area contributed by atoms with Crippen LogP contribution < -0.4 is 0 Å². The zero-order chi connectivity index (χ0) is 21.0. The summed E-state index contributed by atoms with van der Waals surface area (Å²) in [5.74, 6) is 1.16. The number of Topliss-reactive ketones (excluding diaryl/α,β-unsaturated/α-hetero) is 1. The van der Waals surface area contributed by atoms with Crippen LogP contribution in [0.25, 0.3) is 11.4 Å². The first-order valence-electron chi connectivity index (χ1n) is 9.61. The number of hydrogen-bond acceptors (Lipinski definition) is 6. The summed E-state index contributed by atoms with van der Waals surface area (Å²) in [6.07, 6.45) is 3.46. The van der Waals surface area contributed by atoms with Crippen molar-refractivity contribution in [2.24, 2.45) is 0 Å². The number of carbonyl (C=O) groups excluding carboxylic acids is 1. The number of methoxy groups -OCH3 is 1. The number of rotatable bonds is 9. The first-order chi connectivity index (χ1) is 13.9. The minimum atomic E-state index is 0.0988. The fourth-order valence-electron chi connectivity index (χ4n) is 3.56. The highest BCUT2D eigenvalue weighted by atomic mass is 32.2. The second kappa shape index (κ2) is 9.37. The molecule has 0 aliphatic heterocycles. The summed E-state index contributed by atoms with van der Waals surface area (Å²) in [6.45, 7) is 9.45. The molecule has 0 amide bonds. The molecule has 3 rings (SSSR count). The third kappa shape index (κ3) is 4.59. The molecule has 0 unspecified atom stereocenters. The van der Waals surface area contributed by atoms with Crippen LogP contribution in [-0.2, 0) is 11.3 Å². The molecule has 8 heteroatoms. The quantitative estimate of drug-likeness (QED) is 0.390. The van der Waals surface area contributed by atoms with Gasteiger partial charge in [0.05, 0.1) is 18.9 Å². The number of thioether (sulfide) groups is 1. The van der Waals surface area contributed by atoms with Gasteiger partial charge in [0.25, 0.3) is 0 Å². The number of aryl methyl sites for hydroxylation is 1. The Labute approximate surface area is 175 Å². The molecule has 0 aliphatic carbocycles. The Morgan fingerprint density at radius 1 is 1.21 bits per heavy atom. The maximum atomic E-state index is 12.9. The Bertz CT molecular complexity index is 979. The summed E-state index contributed by atoms with van der Waals surface area (Å²) in [6, 6.07) is 6.10. The van der Waals surface area contributed by atoms with Crippen molar-refractivity contribution in [2.45, 2.75) is 45.4 Å². The minimum Gasteiger partial charge on any atom is -0.383 e. The lowest BCUT2D eigenvalue weighted by Gasteiger charge is -2.13. The van der Waals surface area contributed by atoms with Crippen LogP contribution in [0.15, 0.2) is 35.7 Å². The molecule has 3 aromatic heterocycles. The van der Waals surface area contributed by atoms with Gasteiger partial charge in [0.1, 0.15) is 0 Å². The molecule has 0 aliphatic rings. The molecule has 0 saturated carbocycles. The summed E-state index contributed by atoms with van der Waals surface area (Å²) in [5, 5.41) is 9.38. The number of ether oxygens (including phenoxy) is 1. The van der Waals surface area contributed by atoms with E-state index in [1.54, 1.807) is 19.5 Å². The summed E-state index contributed by atoms with van der Waals surface area (Å²) >= 11 is 1.41. The second-order valence-electron chi connectivity index (χ2n) is 7.15. The lowest BCUT2D eigenvalue weighted by atomic mass is 10.2. The predicted octanol–water partition coefficient (Wildman–Crippen LogP) is 3.96. The topological polar surface area (TPSA) is 74.8 Å². The van der Waals surface area contributed by atoms with E-state index in [-0.39, 0.29) is 5.78 Å². The van der Waals surface area contributed by atoms with Crippen molar-refractivity contribution in [2.75, 3.05) is 19.5 Å². The van der Waals surface area contributed by atoms with Gasteiger partial charge in [-0.2, -0.15) is 0 Å². The van der Waals surface area contributed by atoms with Crippen molar-refractivity contribution in [3.8, 4) is 11.4 Å². The highest BCUT2D eigenvalue weighted by molar-refractivity contribution is 7.99. The molecule has 0 spiro atoms. The van der Waals surface area contributed by atoms with Crippen LogP contribution in [0, 0.1) is 13.8 Å². The lowest BCUT2D eigenvalue weighted by Crippen LogP contribution is -2.10. The van der Waals surface area contributed by atoms with E-state index in [2.05, 4.69) is 33.6 Å². The predicted molar refractivity (Wildman–Crippen MR) is 114 cm³/mol. The van der Waals surface area contributed by atoms with Crippen molar-refractivity contribution in [1.82, 2.24) is 24.3 Å². The van der Waals surface area contributed by atoms with Gasteiger partial charge in [-0.3, -0.25) is 14.3 Å². The van der Waals surface area contributed by atoms with Gasteiger partial charge in [-0.15, -0.1) is 10.2 Å². The average molecular weight is 414 g/mol. The normalized spacial score (nSPS) is 11.4. The molecule has 3 aromatic rings. The molecular weight excluding hydrogens is 386 g/mol. The van der Waals surface area contributed by atoms with Crippen LogP contribution >= 0.6 is 11.8 Å². The van der Waals surface area contributed by atoms with Crippen molar-refractivity contribution in [3.05, 3.63) is 47.5 Å². The summed E-state index contributed by atoms with van der Waals surface area (Å²) in [5.41, 5.74) is 3.83. The Hall–Kier alpha value is -2.45. The Morgan fingerprint density at radius 2 is 1.93 bits per heavy atom. The van der Waals surface area contributed by atoms with E-state index in [1.807, 2.05) is 36.6 Å². The molecule has 0 bridgehead atoms. The van der Waals surface area contributed by atoms with Crippen LogP contribution in [-0.4, -0.2) is 49.6 Å². The average Bonchev–Trinajstić information content (AvgIpc) is 3.25. The second-order valence-corrected chi connectivity index (χ2v) is 8.09. The maximum Gasteiger partial charge on any atom is 0.192 e. The number of pyridine rings is 1. The Kier molecular flexibility index (Phi) is 6.87. The molecule has 0 fully saturated rings. The summed E-state index contributed by atoms with van der Waals surface area (Å²) < 4.78 is 9.43. The fourth-order valence-corrected chi connectivity index (χ4v) is 4.40. The zero-order valence-electron chi connectivity index (χ0n) is 17.5. The van der Waals surface area contributed by atoms with E-state index in [4.69, 9.17) is 4.74 Å². The summed E-state index contributed by atoms with van der Waals surface area (Å²) in [4.78, 5) is 17.0. The van der Waals surface area contributed by atoms with Gasteiger partial charge in [-0.05, 0) is 45.9 Å². The third-order valence-electron chi connectivity index (χ3n) is 4.81. The van der Waals surface area contributed by atoms with E-state index in [9.17, 15) is 4.79 Å². The number of hydrogen-bond donors (Lipinski definition) is 0. The summed E-state index contributed by atoms with van der Waals surface area (Å²) in [7, 11) is 1.66. The van der Waals surface area contributed by atoms with E-state index in [0.29, 0.717) is 30.1 Å². The molecule has 0 atom stereocenters. The Balaban J connectivity index is 1.81. The van der Waals surface area contributed by atoms with Gasteiger partial charge in [0.15, 0.2) is 16.8 Å². The number of ketones is 1. The molecule has 0 saturated heterocycles. The first-order valence-corrected chi connectivity index (χ1v) is 10.6. The number of nitrogens with zero attached hydrogens (tertiary/aromatic N) is 5. The fraction of sp³-hybridized carbons (Fsp3) is 0.429. The van der Waals surface area contributed by atoms with Crippen LogP contribution in [0.2, 0.25) is 0 Å². The van der Waals surface area contributed by atoms with E-state index < -0.39 is 0 Å². The molecule has 29 heavy (non-hydrogen) atoms. The molecule has 3 heterocycles. The Morgan fingerprint density at radius 3 is 2.55 bits per heavy atom. The van der Waals surface area contributed by atoms with Crippen LogP contribution in [0.3, 0.4) is 0 Å². The standard InChI is InChI=1S/C21H27N5O2S/c1-14(2)26-15(3)12-18(16(26)4)19(27)13-29-21-24-23-20(25(21)10-11-28-5)17-6-8-22-9-7-17/h6-9,12,14H,10-11,13H2,1-5H3. The molecule has 0 aromatic carbocycles. The first kappa shape index (κ1) is 21.3. The van der Waals surface area contributed by atoms with Crippen LogP contribution in [0.4, 0.5) is 0 Å². The zero-order valence-corrected chi connectivity index (χ0v) is 18.4. The van der Waals surface area contributed by atoms with E-state index in [1.165, 1.54) is 11.8 Å². The third-order valence-corrected chi connectivity index (χ3v) is 5.77. The maximum absolute atomic E-state index is 12.9. The molecule has 7 nitrogen and oxygen atoms in total. The van der Waals surface area contributed by atoms with Crippen molar-refractivity contribution in [1.29, 1.82) is 0 Å². The highest BCUT2D eigenvalue weighted by Crippen LogP contribution is 2.26. The van der Waals surface area contributed by atoms with Crippen molar-refractivity contribution < 1.29 is 9.53 Å².